The monoisotopic (exact) mass is 612 g/mol. The van der Waals surface area contributed by atoms with Gasteiger partial charge < -0.3 is 23.7 Å². The molecule has 0 bridgehead atoms. The molecule has 2 N–H and O–H groups in total. The minimum atomic E-state index is -0.361. The fraction of sp³-hybridized carbons (Fsp3) is 0.188. The van der Waals surface area contributed by atoms with Crippen LogP contribution in [-0.4, -0.2) is 74.9 Å². The molecular weight excluding hydrogens is 580 g/mol. The summed E-state index contributed by atoms with van der Waals surface area (Å²) in [6.07, 6.45) is 9.11. The number of carbonyl (C=O) groups excluding carboxylic acids is 2. The summed E-state index contributed by atoms with van der Waals surface area (Å²) in [5.41, 5.74) is 7.16. The second-order valence-corrected chi connectivity index (χ2v) is 9.01. The quantitative estimate of drug-likeness (QED) is 0.110. The maximum atomic E-state index is 12.1. The lowest BCUT2D eigenvalue weighted by Gasteiger charge is -2.13. The first kappa shape index (κ1) is 32.1. The maximum absolute atomic E-state index is 12.1. The second-order valence-electron chi connectivity index (χ2n) is 9.01. The van der Waals surface area contributed by atoms with E-state index in [0.717, 1.165) is 0 Å². The van der Waals surface area contributed by atoms with Crippen LogP contribution in [0.4, 0.5) is 0 Å². The van der Waals surface area contributed by atoms with Crippen molar-refractivity contribution >= 4 is 24.2 Å². The van der Waals surface area contributed by atoms with Gasteiger partial charge in [-0.3, -0.25) is 19.6 Å². The minimum absolute atomic E-state index is 0.291. The molecule has 0 spiro atoms. The lowest BCUT2D eigenvalue weighted by molar-refractivity contribution is 0.0750. The Hall–Kier alpha value is -5.82. The van der Waals surface area contributed by atoms with Crippen LogP contribution in [0, 0.1) is 0 Å². The smallest absolute Gasteiger partial charge is 0.272 e. The molecule has 232 valence electrons. The summed E-state index contributed by atoms with van der Waals surface area (Å²) in [5, 5.41) is 7.96. The van der Waals surface area contributed by atoms with E-state index in [-0.39, 0.29) is 11.8 Å². The molecule has 13 heteroatoms. The van der Waals surface area contributed by atoms with Crippen LogP contribution < -0.4 is 29.8 Å². The molecule has 0 aliphatic carbocycles. The average molecular weight is 613 g/mol. The van der Waals surface area contributed by atoms with Crippen molar-refractivity contribution in [2.24, 2.45) is 10.2 Å². The number of methoxy groups -OCH3 is 2. The molecule has 0 unspecified atom stereocenters. The number of carbonyl (C=O) groups is 2. The van der Waals surface area contributed by atoms with E-state index in [1.165, 1.54) is 39.0 Å². The molecule has 2 aromatic carbocycles. The number of pyridine rings is 2. The predicted molar refractivity (Wildman–Crippen MR) is 166 cm³/mol. The number of aromatic nitrogens is 2. The van der Waals surface area contributed by atoms with Gasteiger partial charge >= 0.3 is 0 Å². The Morgan fingerprint density at radius 3 is 1.53 bits per heavy atom. The molecule has 0 fully saturated rings. The summed E-state index contributed by atoms with van der Waals surface area (Å²) in [5.74, 6) is 1.38. The molecule has 2 amide bonds. The first-order valence-electron chi connectivity index (χ1n) is 13.7. The van der Waals surface area contributed by atoms with E-state index in [1.807, 2.05) is 0 Å². The topological polar surface area (TPSA) is 155 Å². The molecule has 0 radical (unpaired) electrons. The normalized spacial score (nSPS) is 10.9. The standard InChI is InChI=1S/C32H32N6O7/c1-41-29-17-23(19-35-37-31(39)25-5-3-11-33-21-25)7-9-27(29)44-15-13-43-14-16-45-28-10-8-24(18-30(28)42-2)20-36-38-32(40)26-6-4-12-34-22-26/h3-12,17-22H,13-16H2,1-2H3,(H,37,39)(H,38,40). The van der Waals surface area contributed by atoms with Gasteiger partial charge in [0.1, 0.15) is 13.2 Å². The molecule has 0 aliphatic rings. The number of ether oxygens (including phenoxy) is 5. The number of amides is 2. The highest BCUT2D eigenvalue weighted by molar-refractivity contribution is 5.95. The number of hydrazone groups is 2. The van der Waals surface area contributed by atoms with Gasteiger partial charge in [-0.25, -0.2) is 10.9 Å². The van der Waals surface area contributed by atoms with Gasteiger partial charge in [-0.1, -0.05) is 0 Å². The molecule has 4 aromatic rings. The predicted octanol–water partition coefficient (Wildman–Crippen LogP) is 3.50. The van der Waals surface area contributed by atoms with E-state index in [2.05, 4.69) is 31.0 Å². The van der Waals surface area contributed by atoms with Crippen molar-refractivity contribution in [1.82, 2.24) is 20.8 Å². The second kappa shape index (κ2) is 17.3. The number of benzene rings is 2. The molecule has 0 aliphatic heterocycles. The minimum Gasteiger partial charge on any atom is -0.493 e. The number of hydrogen-bond donors (Lipinski definition) is 2. The highest BCUT2D eigenvalue weighted by Crippen LogP contribution is 2.28. The SMILES string of the molecule is COc1cc(C=NNC(=O)c2cccnc2)ccc1OCCOCCOc1ccc(C=NNC(=O)c2cccnc2)cc1OC. The van der Waals surface area contributed by atoms with Gasteiger partial charge in [-0.05, 0) is 71.8 Å². The molecule has 0 saturated heterocycles. The lowest BCUT2D eigenvalue weighted by Crippen LogP contribution is -2.17. The summed E-state index contributed by atoms with van der Waals surface area (Å²) >= 11 is 0. The van der Waals surface area contributed by atoms with E-state index in [4.69, 9.17) is 23.7 Å². The summed E-state index contributed by atoms with van der Waals surface area (Å²) in [4.78, 5) is 32.0. The molecule has 4 rings (SSSR count). The highest BCUT2D eigenvalue weighted by Gasteiger charge is 2.08. The zero-order chi connectivity index (χ0) is 31.7. The first-order chi connectivity index (χ1) is 22.1. The van der Waals surface area contributed by atoms with Crippen LogP contribution in [0.2, 0.25) is 0 Å². The van der Waals surface area contributed by atoms with Crippen molar-refractivity contribution in [2.75, 3.05) is 40.6 Å². The number of nitrogens with one attached hydrogen (secondary N) is 2. The number of hydrogen-bond acceptors (Lipinski definition) is 11. The highest BCUT2D eigenvalue weighted by atomic mass is 16.6. The van der Waals surface area contributed by atoms with Crippen molar-refractivity contribution in [3.05, 3.63) is 108 Å². The largest absolute Gasteiger partial charge is 0.493 e. The Labute approximate surface area is 259 Å². The van der Waals surface area contributed by atoms with Crippen molar-refractivity contribution in [1.29, 1.82) is 0 Å². The lowest BCUT2D eigenvalue weighted by atomic mass is 10.2. The molecule has 2 heterocycles. The number of rotatable bonds is 16. The van der Waals surface area contributed by atoms with Gasteiger partial charge in [0.25, 0.3) is 11.8 Å². The molecule has 45 heavy (non-hydrogen) atoms. The van der Waals surface area contributed by atoms with Crippen LogP contribution in [-0.2, 0) is 4.74 Å². The first-order valence-corrected chi connectivity index (χ1v) is 13.7. The third kappa shape index (κ3) is 10.1. The van der Waals surface area contributed by atoms with Crippen molar-refractivity contribution in [3.8, 4) is 23.0 Å². The van der Waals surface area contributed by atoms with Crippen LogP contribution in [0.25, 0.3) is 0 Å². The fourth-order valence-corrected chi connectivity index (χ4v) is 3.74. The third-order valence-corrected chi connectivity index (χ3v) is 5.95. The van der Waals surface area contributed by atoms with Crippen molar-refractivity contribution in [2.45, 2.75) is 0 Å². The Morgan fingerprint density at radius 2 is 1.13 bits per heavy atom. The zero-order valence-electron chi connectivity index (χ0n) is 24.7. The Bertz CT molecular complexity index is 1480. The third-order valence-electron chi connectivity index (χ3n) is 5.95. The number of nitrogens with zero attached hydrogens (tertiary/aromatic N) is 4. The Morgan fingerprint density at radius 1 is 0.667 bits per heavy atom. The Kier molecular flexibility index (Phi) is 12.4. The van der Waals surface area contributed by atoms with E-state index in [0.29, 0.717) is 71.7 Å². The molecule has 2 aromatic heterocycles. The van der Waals surface area contributed by atoms with Gasteiger partial charge in [0.05, 0.1) is 51.0 Å². The van der Waals surface area contributed by atoms with Gasteiger partial charge in [0, 0.05) is 24.8 Å². The average Bonchev–Trinajstić information content (AvgIpc) is 3.09. The zero-order valence-corrected chi connectivity index (χ0v) is 24.7. The maximum Gasteiger partial charge on any atom is 0.272 e. The summed E-state index contributed by atoms with van der Waals surface area (Å²) in [7, 11) is 3.08. The van der Waals surface area contributed by atoms with E-state index >= 15 is 0 Å². The summed E-state index contributed by atoms with van der Waals surface area (Å²) < 4.78 is 28.1. The van der Waals surface area contributed by atoms with Gasteiger partial charge in [-0.15, -0.1) is 0 Å². The molecule has 0 atom stereocenters. The van der Waals surface area contributed by atoms with Crippen LogP contribution in [0.1, 0.15) is 31.8 Å². The van der Waals surface area contributed by atoms with Crippen LogP contribution in [0.3, 0.4) is 0 Å². The van der Waals surface area contributed by atoms with Crippen LogP contribution in [0.15, 0.2) is 95.7 Å². The molecule has 13 nitrogen and oxygen atoms in total. The van der Waals surface area contributed by atoms with Crippen LogP contribution in [0.5, 0.6) is 23.0 Å². The van der Waals surface area contributed by atoms with E-state index in [1.54, 1.807) is 73.1 Å². The van der Waals surface area contributed by atoms with Crippen molar-refractivity contribution in [3.63, 3.8) is 0 Å². The van der Waals surface area contributed by atoms with Crippen molar-refractivity contribution < 1.29 is 33.3 Å². The summed E-state index contributed by atoms with van der Waals surface area (Å²) in [6.45, 7) is 1.24. The van der Waals surface area contributed by atoms with E-state index < -0.39 is 0 Å². The van der Waals surface area contributed by atoms with Gasteiger partial charge in [0.15, 0.2) is 23.0 Å². The van der Waals surface area contributed by atoms with Crippen LogP contribution >= 0.6 is 0 Å². The van der Waals surface area contributed by atoms with Gasteiger partial charge in [0.2, 0.25) is 0 Å². The molecular formula is C32H32N6O7. The molecule has 0 saturated carbocycles. The fourth-order valence-electron chi connectivity index (χ4n) is 3.74. The van der Waals surface area contributed by atoms with E-state index in [9.17, 15) is 9.59 Å². The summed E-state index contributed by atoms with van der Waals surface area (Å²) in [6, 6.07) is 17.2. The van der Waals surface area contributed by atoms with Gasteiger partial charge in [-0.2, -0.15) is 10.2 Å². The Balaban J connectivity index is 1.15.